The van der Waals surface area contributed by atoms with Crippen molar-refractivity contribution in [3.8, 4) is 0 Å². The van der Waals surface area contributed by atoms with Crippen molar-refractivity contribution >= 4 is 11.6 Å². The smallest absolute Gasteiger partial charge is 0.224 e. The van der Waals surface area contributed by atoms with Gasteiger partial charge in [0.25, 0.3) is 0 Å². The Bertz CT molecular complexity index is 395. The second-order valence-corrected chi connectivity index (χ2v) is 5.14. The Kier molecular flexibility index (Phi) is 4.37. The van der Waals surface area contributed by atoms with Gasteiger partial charge in [0, 0.05) is 24.2 Å². The number of hydrogen-bond acceptors (Lipinski definition) is 2. The lowest BCUT2D eigenvalue weighted by Crippen LogP contribution is -2.29. The standard InChI is InChI=1S/C15H22N2O/c1-3-15(18)17-14-6-4-12(5-7-14)10-11(2)16-13-8-9-13/h4-7,11,13,16H,3,8-10H2,1-2H3,(H,17,18). The number of hydrogen-bond donors (Lipinski definition) is 2. The fraction of sp³-hybridized carbons (Fsp3) is 0.533. The van der Waals surface area contributed by atoms with E-state index in [2.05, 4.69) is 29.7 Å². The molecule has 0 heterocycles. The fourth-order valence-corrected chi connectivity index (χ4v) is 2.04. The van der Waals surface area contributed by atoms with Crippen LogP contribution in [0.1, 0.15) is 38.7 Å². The lowest BCUT2D eigenvalue weighted by molar-refractivity contribution is -0.115. The average Bonchev–Trinajstić information content (AvgIpc) is 3.15. The Morgan fingerprint density at radius 2 is 2.00 bits per heavy atom. The first-order valence-electron chi connectivity index (χ1n) is 6.82. The molecule has 1 fully saturated rings. The number of benzene rings is 1. The maximum absolute atomic E-state index is 11.3. The third kappa shape index (κ3) is 4.15. The summed E-state index contributed by atoms with van der Waals surface area (Å²) in [5.74, 6) is 0.0616. The molecular weight excluding hydrogens is 224 g/mol. The highest BCUT2D eigenvalue weighted by atomic mass is 16.1. The minimum atomic E-state index is 0.0616. The van der Waals surface area contributed by atoms with Crippen LogP contribution >= 0.6 is 0 Å². The summed E-state index contributed by atoms with van der Waals surface area (Å²) in [6.07, 6.45) is 4.21. The predicted molar refractivity (Wildman–Crippen MR) is 74.7 cm³/mol. The predicted octanol–water partition coefficient (Wildman–Crippen LogP) is 2.72. The summed E-state index contributed by atoms with van der Waals surface area (Å²) < 4.78 is 0. The highest BCUT2D eigenvalue weighted by Gasteiger charge is 2.22. The number of amides is 1. The Morgan fingerprint density at radius 1 is 1.33 bits per heavy atom. The maximum atomic E-state index is 11.3. The quantitative estimate of drug-likeness (QED) is 0.810. The monoisotopic (exact) mass is 246 g/mol. The molecule has 18 heavy (non-hydrogen) atoms. The van der Waals surface area contributed by atoms with Gasteiger partial charge in [0.2, 0.25) is 5.91 Å². The van der Waals surface area contributed by atoms with E-state index in [0.717, 1.165) is 18.2 Å². The van der Waals surface area contributed by atoms with E-state index in [1.165, 1.54) is 18.4 Å². The molecule has 3 nitrogen and oxygen atoms in total. The molecule has 2 rings (SSSR count). The second-order valence-electron chi connectivity index (χ2n) is 5.14. The van der Waals surface area contributed by atoms with Gasteiger partial charge in [-0.2, -0.15) is 0 Å². The Balaban J connectivity index is 1.84. The van der Waals surface area contributed by atoms with Crippen LogP contribution in [0, 0.1) is 0 Å². The van der Waals surface area contributed by atoms with Crippen LogP contribution in [0.2, 0.25) is 0 Å². The van der Waals surface area contributed by atoms with Gasteiger partial charge in [-0.05, 0) is 43.9 Å². The first kappa shape index (κ1) is 13.1. The van der Waals surface area contributed by atoms with Crippen molar-refractivity contribution in [2.45, 2.75) is 51.6 Å². The molecule has 0 aliphatic heterocycles. The van der Waals surface area contributed by atoms with Crippen LogP contribution in [0.25, 0.3) is 0 Å². The van der Waals surface area contributed by atoms with Crippen LogP contribution in [0.15, 0.2) is 24.3 Å². The van der Waals surface area contributed by atoms with Crippen molar-refractivity contribution in [2.75, 3.05) is 5.32 Å². The van der Waals surface area contributed by atoms with Gasteiger partial charge >= 0.3 is 0 Å². The normalized spacial score (nSPS) is 16.3. The van der Waals surface area contributed by atoms with Crippen LogP contribution in [-0.2, 0) is 11.2 Å². The summed E-state index contributed by atoms with van der Waals surface area (Å²) in [7, 11) is 0. The average molecular weight is 246 g/mol. The van der Waals surface area contributed by atoms with Crippen molar-refractivity contribution in [3.63, 3.8) is 0 Å². The third-order valence-corrected chi connectivity index (χ3v) is 3.20. The summed E-state index contributed by atoms with van der Waals surface area (Å²) in [4.78, 5) is 11.3. The van der Waals surface area contributed by atoms with Gasteiger partial charge < -0.3 is 10.6 Å². The Labute approximate surface area is 109 Å². The number of rotatable bonds is 6. The van der Waals surface area contributed by atoms with Crippen molar-refractivity contribution < 1.29 is 4.79 Å². The SMILES string of the molecule is CCC(=O)Nc1ccc(CC(C)NC2CC2)cc1. The highest BCUT2D eigenvalue weighted by molar-refractivity contribution is 5.90. The van der Waals surface area contributed by atoms with E-state index >= 15 is 0 Å². The summed E-state index contributed by atoms with van der Waals surface area (Å²) in [6.45, 7) is 4.08. The van der Waals surface area contributed by atoms with Crippen LogP contribution in [0.4, 0.5) is 5.69 Å². The molecule has 1 unspecified atom stereocenters. The van der Waals surface area contributed by atoms with Gasteiger partial charge in [0.15, 0.2) is 0 Å². The van der Waals surface area contributed by atoms with E-state index in [1.54, 1.807) is 0 Å². The van der Waals surface area contributed by atoms with Crippen molar-refractivity contribution in [3.05, 3.63) is 29.8 Å². The minimum Gasteiger partial charge on any atom is -0.326 e. The number of carbonyl (C=O) groups is 1. The summed E-state index contributed by atoms with van der Waals surface area (Å²) in [5, 5.41) is 6.45. The molecule has 0 bridgehead atoms. The zero-order chi connectivity index (χ0) is 13.0. The van der Waals surface area contributed by atoms with Gasteiger partial charge in [-0.3, -0.25) is 4.79 Å². The number of nitrogens with one attached hydrogen (secondary N) is 2. The van der Waals surface area contributed by atoms with Gasteiger partial charge in [0.05, 0.1) is 0 Å². The lowest BCUT2D eigenvalue weighted by atomic mass is 10.1. The van der Waals surface area contributed by atoms with Crippen molar-refractivity contribution in [1.29, 1.82) is 0 Å². The topological polar surface area (TPSA) is 41.1 Å². The van der Waals surface area contributed by atoms with Gasteiger partial charge in [-0.15, -0.1) is 0 Å². The molecule has 1 aromatic carbocycles. The van der Waals surface area contributed by atoms with Crippen molar-refractivity contribution in [2.24, 2.45) is 0 Å². The van der Waals surface area contributed by atoms with Crippen LogP contribution in [0.3, 0.4) is 0 Å². The third-order valence-electron chi connectivity index (χ3n) is 3.20. The molecule has 1 aliphatic rings. The zero-order valence-electron chi connectivity index (χ0n) is 11.2. The summed E-state index contributed by atoms with van der Waals surface area (Å²) >= 11 is 0. The van der Waals surface area contributed by atoms with Gasteiger partial charge in [0.1, 0.15) is 0 Å². The lowest BCUT2D eigenvalue weighted by Gasteiger charge is -2.13. The minimum absolute atomic E-state index is 0.0616. The summed E-state index contributed by atoms with van der Waals surface area (Å²) in [5.41, 5.74) is 2.19. The molecule has 1 amide bonds. The molecular formula is C15H22N2O. The highest BCUT2D eigenvalue weighted by Crippen LogP contribution is 2.20. The fourth-order valence-electron chi connectivity index (χ4n) is 2.04. The molecule has 0 saturated heterocycles. The van der Waals surface area contributed by atoms with E-state index < -0.39 is 0 Å². The zero-order valence-corrected chi connectivity index (χ0v) is 11.2. The van der Waals surface area contributed by atoms with E-state index in [-0.39, 0.29) is 5.91 Å². The molecule has 0 spiro atoms. The molecule has 0 aromatic heterocycles. The maximum Gasteiger partial charge on any atom is 0.224 e. The van der Waals surface area contributed by atoms with Crippen LogP contribution < -0.4 is 10.6 Å². The van der Waals surface area contributed by atoms with E-state index in [1.807, 2.05) is 19.1 Å². The van der Waals surface area contributed by atoms with Gasteiger partial charge in [-0.1, -0.05) is 19.1 Å². The van der Waals surface area contributed by atoms with Crippen LogP contribution in [0.5, 0.6) is 0 Å². The molecule has 0 radical (unpaired) electrons. The molecule has 98 valence electrons. The first-order valence-corrected chi connectivity index (χ1v) is 6.82. The second kappa shape index (κ2) is 6.01. The van der Waals surface area contributed by atoms with Crippen molar-refractivity contribution in [1.82, 2.24) is 5.32 Å². The number of carbonyl (C=O) groups excluding carboxylic acids is 1. The van der Waals surface area contributed by atoms with Crippen LogP contribution in [-0.4, -0.2) is 18.0 Å². The Morgan fingerprint density at radius 3 is 2.56 bits per heavy atom. The molecule has 1 aliphatic carbocycles. The van der Waals surface area contributed by atoms with E-state index in [4.69, 9.17) is 0 Å². The van der Waals surface area contributed by atoms with Gasteiger partial charge in [-0.25, -0.2) is 0 Å². The molecule has 1 aromatic rings. The molecule has 1 saturated carbocycles. The summed E-state index contributed by atoms with van der Waals surface area (Å²) in [6, 6.07) is 9.42. The number of anilines is 1. The molecule has 3 heteroatoms. The van der Waals surface area contributed by atoms with E-state index in [9.17, 15) is 4.79 Å². The molecule has 1 atom stereocenters. The Hall–Kier alpha value is -1.35. The van der Waals surface area contributed by atoms with E-state index in [0.29, 0.717) is 12.5 Å². The largest absolute Gasteiger partial charge is 0.326 e. The first-order chi connectivity index (χ1) is 8.67. The molecule has 2 N–H and O–H groups in total.